The van der Waals surface area contributed by atoms with Gasteiger partial charge in [0.25, 0.3) is 0 Å². The minimum Gasteiger partial charge on any atom is -0.445 e. The average Bonchev–Trinajstić information content (AvgIpc) is 2.07. The molecule has 13 heavy (non-hydrogen) atoms. The topological polar surface area (TPSA) is 58.6 Å². The number of carbonyl (C=O) groups is 1. The van der Waals surface area contributed by atoms with Crippen molar-refractivity contribution in [2.75, 3.05) is 13.2 Å². The van der Waals surface area contributed by atoms with Crippen molar-refractivity contribution < 1.29 is 14.6 Å². The highest BCUT2D eigenvalue weighted by atomic mass is 16.5. The third-order valence-corrected chi connectivity index (χ3v) is 2.08. The van der Waals surface area contributed by atoms with Gasteiger partial charge in [-0.3, -0.25) is 0 Å². The molecule has 0 saturated heterocycles. The van der Waals surface area contributed by atoms with Gasteiger partial charge in [0, 0.05) is 6.54 Å². The zero-order chi connectivity index (χ0) is 9.68. The van der Waals surface area contributed by atoms with Gasteiger partial charge >= 0.3 is 6.09 Å². The van der Waals surface area contributed by atoms with E-state index in [-0.39, 0.29) is 12.7 Å². The van der Waals surface area contributed by atoms with E-state index in [0.717, 1.165) is 12.8 Å². The lowest BCUT2D eigenvalue weighted by molar-refractivity contribution is 0.0423. The molecule has 0 atom stereocenters. The fourth-order valence-electron chi connectivity index (χ4n) is 1.28. The smallest absolute Gasteiger partial charge is 0.407 e. The summed E-state index contributed by atoms with van der Waals surface area (Å²) in [7, 11) is 0. The highest BCUT2D eigenvalue weighted by Gasteiger charge is 2.27. The Morgan fingerprint density at radius 1 is 1.69 bits per heavy atom. The van der Waals surface area contributed by atoms with E-state index in [1.54, 1.807) is 0 Å². The average molecular weight is 185 g/mol. The van der Waals surface area contributed by atoms with Gasteiger partial charge in [0.1, 0.15) is 6.61 Å². The molecular weight excluding hydrogens is 170 g/mol. The summed E-state index contributed by atoms with van der Waals surface area (Å²) < 4.78 is 4.71. The van der Waals surface area contributed by atoms with Crippen molar-refractivity contribution in [3.8, 4) is 0 Å². The van der Waals surface area contributed by atoms with Crippen LogP contribution >= 0.6 is 0 Å². The van der Waals surface area contributed by atoms with E-state index in [9.17, 15) is 4.79 Å². The van der Waals surface area contributed by atoms with Gasteiger partial charge in [-0.15, -0.1) is 0 Å². The number of carbonyl (C=O) groups excluding carboxylic acids is 1. The molecule has 1 fully saturated rings. The highest BCUT2D eigenvalue weighted by molar-refractivity contribution is 5.67. The molecular formula is C9H15NO3. The third-order valence-electron chi connectivity index (χ3n) is 2.08. The quantitative estimate of drug-likeness (QED) is 0.633. The molecule has 0 aromatic heterocycles. The second-order valence-corrected chi connectivity index (χ2v) is 3.26. The van der Waals surface area contributed by atoms with E-state index in [1.807, 2.05) is 0 Å². The Kier molecular flexibility index (Phi) is 3.76. The number of amides is 1. The van der Waals surface area contributed by atoms with Gasteiger partial charge in [-0.05, 0) is 18.8 Å². The van der Waals surface area contributed by atoms with Crippen molar-refractivity contribution in [1.29, 1.82) is 0 Å². The Balaban J connectivity index is 1.99. The molecule has 0 spiro atoms. The molecule has 4 nitrogen and oxygen atoms in total. The molecule has 0 aromatic rings. The summed E-state index contributed by atoms with van der Waals surface area (Å²) in [5, 5.41) is 11.6. The maximum atomic E-state index is 10.9. The van der Waals surface area contributed by atoms with Crippen molar-refractivity contribution in [2.24, 2.45) is 5.92 Å². The van der Waals surface area contributed by atoms with Crippen molar-refractivity contribution in [3.05, 3.63) is 12.7 Å². The third kappa shape index (κ3) is 3.46. The van der Waals surface area contributed by atoms with Crippen molar-refractivity contribution in [3.63, 3.8) is 0 Å². The predicted octanol–water partition coefficient (Wildman–Crippen LogP) is 0.670. The fourth-order valence-corrected chi connectivity index (χ4v) is 1.28. The molecule has 1 rings (SSSR count). The van der Waals surface area contributed by atoms with Crippen LogP contribution in [-0.4, -0.2) is 30.5 Å². The van der Waals surface area contributed by atoms with Gasteiger partial charge in [-0.2, -0.15) is 0 Å². The molecule has 1 aliphatic rings. The molecule has 74 valence electrons. The van der Waals surface area contributed by atoms with E-state index in [0.29, 0.717) is 12.5 Å². The van der Waals surface area contributed by atoms with E-state index < -0.39 is 6.09 Å². The Labute approximate surface area is 77.6 Å². The highest BCUT2D eigenvalue weighted by Crippen LogP contribution is 2.25. The zero-order valence-electron chi connectivity index (χ0n) is 7.53. The van der Waals surface area contributed by atoms with Gasteiger partial charge < -0.3 is 15.2 Å². The van der Waals surface area contributed by atoms with E-state index in [4.69, 9.17) is 9.84 Å². The van der Waals surface area contributed by atoms with Crippen LogP contribution in [0.15, 0.2) is 12.7 Å². The summed E-state index contributed by atoms with van der Waals surface area (Å²) >= 11 is 0. The Hall–Kier alpha value is -1.03. The lowest BCUT2D eigenvalue weighted by atomic mass is 9.82. The van der Waals surface area contributed by atoms with Crippen LogP contribution in [0.2, 0.25) is 0 Å². The molecule has 0 aliphatic heterocycles. The van der Waals surface area contributed by atoms with Crippen LogP contribution < -0.4 is 5.32 Å². The van der Waals surface area contributed by atoms with Crippen LogP contribution in [0.25, 0.3) is 0 Å². The summed E-state index contributed by atoms with van der Waals surface area (Å²) in [4.78, 5) is 10.9. The number of hydrogen-bond acceptors (Lipinski definition) is 3. The minimum absolute atomic E-state index is 0.170. The van der Waals surface area contributed by atoms with E-state index >= 15 is 0 Å². The molecule has 0 radical (unpaired) electrons. The summed E-state index contributed by atoms with van der Waals surface area (Å²) in [6, 6.07) is 0. The fraction of sp³-hybridized carbons (Fsp3) is 0.667. The van der Waals surface area contributed by atoms with Crippen molar-refractivity contribution >= 4 is 6.09 Å². The van der Waals surface area contributed by atoms with E-state index in [1.165, 1.54) is 6.08 Å². The number of nitrogens with one attached hydrogen (secondary N) is 1. The summed E-state index contributed by atoms with van der Waals surface area (Å²) in [5.74, 6) is 0.409. The molecule has 1 saturated carbocycles. The Bertz CT molecular complexity index is 187. The number of aliphatic hydroxyl groups excluding tert-OH is 1. The maximum Gasteiger partial charge on any atom is 0.407 e. The molecule has 0 bridgehead atoms. The van der Waals surface area contributed by atoms with Crippen LogP contribution in [0, 0.1) is 5.92 Å². The zero-order valence-corrected chi connectivity index (χ0v) is 7.53. The molecule has 0 unspecified atom stereocenters. The van der Waals surface area contributed by atoms with Gasteiger partial charge in [0.2, 0.25) is 0 Å². The predicted molar refractivity (Wildman–Crippen MR) is 48.3 cm³/mol. The monoisotopic (exact) mass is 185 g/mol. The van der Waals surface area contributed by atoms with Crippen LogP contribution in [0.5, 0.6) is 0 Å². The largest absolute Gasteiger partial charge is 0.445 e. The van der Waals surface area contributed by atoms with Crippen LogP contribution in [-0.2, 0) is 4.74 Å². The van der Waals surface area contributed by atoms with Crippen LogP contribution in [0.4, 0.5) is 4.79 Å². The van der Waals surface area contributed by atoms with Gasteiger partial charge in [-0.1, -0.05) is 12.7 Å². The SMILES string of the molecule is C=CCOC(=O)NCC1CC(O)C1. The summed E-state index contributed by atoms with van der Waals surface area (Å²) in [6.45, 7) is 4.25. The molecule has 0 heterocycles. The number of ether oxygens (including phenoxy) is 1. The second kappa shape index (κ2) is 4.87. The molecule has 4 heteroatoms. The first-order chi connectivity index (χ1) is 6.22. The number of alkyl carbamates (subject to hydrolysis) is 1. The lowest BCUT2D eigenvalue weighted by Crippen LogP contribution is -2.38. The van der Waals surface area contributed by atoms with Crippen molar-refractivity contribution in [2.45, 2.75) is 18.9 Å². The summed E-state index contributed by atoms with van der Waals surface area (Å²) in [6.07, 6.45) is 2.49. The number of aliphatic hydroxyl groups is 1. The second-order valence-electron chi connectivity index (χ2n) is 3.26. The van der Waals surface area contributed by atoms with Crippen LogP contribution in [0.1, 0.15) is 12.8 Å². The normalized spacial score (nSPS) is 25.9. The van der Waals surface area contributed by atoms with E-state index in [2.05, 4.69) is 11.9 Å². The van der Waals surface area contributed by atoms with Crippen molar-refractivity contribution in [1.82, 2.24) is 5.32 Å². The molecule has 1 amide bonds. The van der Waals surface area contributed by atoms with Gasteiger partial charge in [-0.25, -0.2) is 4.79 Å². The summed E-state index contributed by atoms with van der Waals surface area (Å²) in [5.41, 5.74) is 0. The van der Waals surface area contributed by atoms with Crippen LogP contribution in [0.3, 0.4) is 0 Å². The number of hydrogen-bond donors (Lipinski definition) is 2. The first kappa shape index (κ1) is 10.1. The standard InChI is InChI=1S/C9H15NO3/c1-2-3-13-9(12)10-6-7-4-8(11)5-7/h2,7-8,11H,1,3-6H2,(H,10,12). The Morgan fingerprint density at radius 3 is 2.92 bits per heavy atom. The number of rotatable bonds is 4. The van der Waals surface area contributed by atoms with Gasteiger partial charge in [0.15, 0.2) is 0 Å². The Morgan fingerprint density at radius 2 is 2.38 bits per heavy atom. The first-order valence-corrected chi connectivity index (χ1v) is 4.42. The molecule has 1 aliphatic carbocycles. The first-order valence-electron chi connectivity index (χ1n) is 4.42. The molecule has 0 aromatic carbocycles. The lowest BCUT2D eigenvalue weighted by Gasteiger charge is -2.31. The maximum absolute atomic E-state index is 10.9. The minimum atomic E-state index is -0.415. The van der Waals surface area contributed by atoms with Gasteiger partial charge in [0.05, 0.1) is 6.10 Å². The molecule has 2 N–H and O–H groups in total.